The molecule has 2 aromatic heterocycles. The number of aromatic amines is 1. The van der Waals surface area contributed by atoms with E-state index in [2.05, 4.69) is 9.97 Å². The van der Waals surface area contributed by atoms with Crippen LogP contribution in [0, 0.1) is 5.82 Å². The summed E-state index contributed by atoms with van der Waals surface area (Å²) in [6.07, 6.45) is 1.92. The van der Waals surface area contributed by atoms with Crippen LogP contribution in [-0.2, 0) is 0 Å². The zero-order chi connectivity index (χ0) is 13.5. The highest BCUT2D eigenvalue weighted by Gasteiger charge is 2.09. The first-order valence-electron chi connectivity index (χ1n) is 6.45. The number of H-pyrrole nitrogens is 1. The van der Waals surface area contributed by atoms with E-state index in [1.54, 1.807) is 6.07 Å². The van der Waals surface area contributed by atoms with E-state index in [0.717, 1.165) is 27.5 Å². The number of pyridine rings is 1. The van der Waals surface area contributed by atoms with Crippen molar-refractivity contribution in [3.63, 3.8) is 0 Å². The molecule has 96 valence electrons. The molecule has 0 atom stereocenters. The summed E-state index contributed by atoms with van der Waals surface area (Å²) in [6.45, 7) is 0. The van der Waals surface area contributed by atoms with Crippen LogP contribution in [0.4, 0.5) is 4.39 Å². The predicted molar refractivity (Wildman–Crippen MR) is 79.0 cm³/mol. The highest BCUT2D eigenvalue weighted by molar-refractivity contribution is 5.95. The largest absolute Gasteiger partial charge is 0.360 e. The van der Waals surface area contributed by atoms with Gasteiger partial charge < -0.3 is 4.98 Å². The molecule has 4 aromatic rings. The number of aromatic nitrogens is 2. The molecule has 0 saturated heterocycles. The van der Waals surface area contributed by atoms with Crippen molar-refractivity contribution < 1.29 is 4.39 Å². The number of rotatable bonds is 1. The Balaban J connectivity index is 2.00. The Labute approximate surface area is 114 Å². The maximum absolute atomic E-state index is 13.9. The van der Waals surface area contributed by atoms with E-state index >= 15 is 0 Å². The fraction of sp³-hybridized carbons (Fsp3) is 0. The fourth-order valence-corrected chi connectivity index (χ4v) is 2.54. The second-order valence-electron chi connectivity index (χ2n) is 4.76. The molecule has 0 aliphatic rings. The zero-order valence-electron chi connectivity index (χ0n) is 10.6. The van der Waals surface area contributed by atoms with E-state index in [4.69, 9.17) is 0 Å². The molecule has 1 N–H and O–H groups in total. The van der Waals surface area contributed by atoms with E-state index in [1.807, 2.05) is 48.7 Å². The van der Waals surface area contributed by atoms with E-state index in [9.17, 15) is 4.39 Å². The van der Waals surface area contributed by atoms with Crippen molar-refractivity contribution in [2.24, 2.45) is 0 Å². The molecule has 0 aliphatic heterocycles. The third kappa shape index (κ3) is 1.60. The Hall–Kier alpha value is -2.68. The molecule has 4 rings (SSSR count). The van der Waals surface area contributed by atoms with Crippen LogP contribution in [0.5, 0.6) is 0 Å². The van der Waals surface area contributed by atoms with Crippen molar-refractivity contribution in [1.82, 2.24) is 9.97 Å². The summed E-state index contributed by atoms with van der Waals surface area (Å²) in [7, 11) is 0. The zero-order valence-corrected chi connectivity index (χ0v) is 10.6. The van der Waals surface area contributed by atoms with Crippen LogP contribution in [0.15, 0.2) is 60.8 Å². The lowest BCUT2D eigenvalue weighted by atomic mass is 10.1. The van der Waals surface area contributed by atoms with Crippen LogP contribution in [0.25, 0.3) is 33.1 Å². The molecule has 0 saturated carbocycles. The average molecular weight is 262 g/mol. The third-order valence-electron chi connectivity index (χ3n) is 3.54. The second kappa shape index (κ2) is 4.17. The highest BCUT2D eigenvalue weighted by Crippen LogP contribution is 2.28. The molecular weight excluding hydrogens is 251 g/mol. The third-order valence-corrected chi connectivity index (χ3v) is 3.54. The first-order chi connectivity index (χ1) is 9.83. The topological polar surface area (TPSA) is 28.7 Å². The average Bonchev–Trinajstić information content (AvgIpc) is 2.91. The van der Waals surface area contributed by atoms with Gasteiger partial charge >= 0.3 is 0 Å². The molecule has 20 heavy (non-hydrogen) atoms. The number of fused-ring (bicyclic) bond motifs is 2. The fourth-order valence-electron chi connectivity index (χ4n) is 2.54. The van der Waals surface area contributed by atoms with Gasteiger partial charge in [0, 0.05) is 28.0 Å². The molecule has 2 aromatic carbocycles. The summed E-state index contributed by atoms with van der Waals surface area (Å²) >= 11 is 0. The predicted octanol–water partition coefficient (Wildman–Crippen LogP) is 4.52. The molecule has 3 heteroatoms. The number of halogens is 1. The minimum atomic E-state index is -0.288. The minimum Gasteiger partial charge on any atom is -0.360 e. The number of para-hydroxylation sites is 2. The standard InChI is InChI=1S/C17H11FN2/c18-14-6-3-4-11-8-9-16(20-17(11)14)13-10-19-15-7-2-1-5-12(13)15/h1-10,19H. The summed E-state index contributed by atoms with van der Waals surface area (Å²) in [4.78, 5) is 7.69. The number of nitrogens with one attached hydrogen (secondary N) is 1. The SMILES string of the molecule is Fc1cccc2ccc(-c3c[nH]c4ccccc34)nc12. The van der Waals surface area contributed by atoms with Crippen LogP contribution in [-0.4, -0.2) is 9.97 Å². The van der Waals surface area contributed by atoms with Crippen LogP contribution < -0.4 is 0 Å². The molecule has 2 heterocycles. The molecule has 0 unspecified atom stereocenters. The molecule has 0 aliphatic carbocycles. The normalized spacial score (nSPS) is 11.2. The van der Waals surface area contributed by atoms with Gasteiger partial charge in [-0.3, -0.25) is 0 Å². The summed E-state index contributed by atoms with van der Waals surface area (Å²) in [5.41, 5.74) is 3.24. The van der Waals surface area contributed by atoms with Gasteiger partial charge in [-0.05, 0) is 18.2 Å². The first kappa shape index (κ1) is 11.2. The Bertz CT molecular complexity index is 924. The number of nitrogens with zero attached hydrogens (tertiary/aromatic N) is 1. The Kier molecular flexibility index (Phi) is 2.33. The molecule has 2 nitrogen and oxygen atoms in total. The quantitative estimate of drug-likeness (QED) is 0.536. The van der Waals surface area contributed by atoms with Gasteiger partial charge in [-0.15, -0.1) is 0 Å². The Morgan fingerprint density at radius 2 is 1.80 bits per heavy atom. The smallest absolute Gasteiger partial charge is 0.149 e. The van der Waals surface area contributed by atoms with Crippen molar-refractivity contribution in [2.75, 3.05) is 0 Å². The maximum Gasteiger partial charge on any atom is 0.149 e. The van der Waals surface area contributed by atoms with Gasteiger partial charge in [0.15, 0.2) is 0 Å². The van der Waals surface area contributed by atoms with E-state index in [-0.39, 0.29) is 5.82 Å². The van der Waals surface area contributed by atoms with Crippen LogP contribution in [0.3, 0.4) is 0 Å². The lowest BCUT2D eigenvalue weighted by Crippen LogP contribution is -1.87. The molecule has 0 fully saturated rings. The molecule has 0 radical (unpaired) electrons. The second-order valence-corrected chi connectivity index (χ2v) is 4.76. The Morgan fingerprint density at radius 3 is 2.75 bits per heavy atom. The van der Waals surface area contributed by atoms with Crippen molar-refractivity contribution in [3.05, 3.63) is 66.6 Å². The monoisotopic (exact) mass is 262 g/mol. The van der Waals surface area contributed by atoms with E-state index in [0.29, 0.717) is 5.52 Å². The van der Waals surface area contributed by atoms with Gasteiger partial charge in [-0.1, -0.05) is 36.4 Å². The van der Waals surface area contributed by atoms with Crippen molar-refractivity contribution in [2.45, 2.75) is 0 Å². The maximum atomic E-state index is 13.9. The van der Waals surface area contributed by atoms with Crippen molar-refractivity contribution >= 4 is 21.8 Å². The van der Waals surface area contributed by atoms with Crippen LogP contribution >= 0.6 is 0 Å². The molecule has 0 amide bonds. The summed E-state index contributed by atoms with van der Waals surface area (Å²) in [5, 5.41) is 1.91. The van der Waals surface area contributed by atoms with Gasteiger partial charge in [0.05, 0.1) is 5.69 Å². The van der Waals surface area contributed by atoms with Crippen LogP contribution in [0.1, 0.15) is 0 Å². The lowest BCUT2D eigenvalue weighted by Gasteiger charge is -2.03. The van der Waals surface area contributed by atoms with Gasteiger partial charge in [0.2, 0.25) is 0 Å². The molecule has 0 spiro atoms. The number of hydrogen-bond acceptors (Lipinski definition) is 1. The van der Waals surface area contributed by atoms with Gasteiger partial charge in [-0.2, -0.15) is 0 Å². The minimum absolute atomic E-state index is 0.288. The lowest BCUT2D eigenvalue weighted by molar-refractivity contribution is 0.637. The van der Waals surface area contributed by atoms with Crippen molar-refractivity contribution in [3.8, 4) is 11.3 Å². The molecular formula is C17H11FN2. The summed E-state index contributed by atoms with van der Waals surface area (Å²) in [5.74, 6) is -0.288. The van der Waals surface area contributed by atoms with Gasteiger partial charge in [0.1, 0.15) is 11.3 Å². The van der Waals surface area contributed by atoms with E-state index < -0.39 is 0 Å². The summed E-state index contributed by atoms with van der Waals surface area (Å²) in [6, 6.07) is 16.9. The van der Waals surface area contributed by atoms with Crippen LogP contribution in [0.2, 0.25) is 0 Å². The summed E-state index contributed by atoms with van der Waals surface area (Å²) < 4.78 is 13.9. The van der Waals surface area contributed by atoms with Gasteiger partial charge in [0.25, 0.3) is 0 Å². The van der Waals surface area contributed by atoms with Gasteiger partial charge in [-0.25, -0.2) is 9.37 Å². The number of hydrogen-bond donors (Lipinski definition) is 1. The Morgan fingerprint density at radius 1 is 0.900 bits per heavy atom. The number of benzene rings is 2. The first-order valence-corrected chi connectivity index (χ1v) is 6.45. The highest BCUT2D eigenvalue weighted by atomic mass is 19.1. The molecule has 0 bridgehead atoms. The van der Waals surface area contributed by atoms with Crippen molar-refractivity contribution in [1.29, 1.82) is 0 Å². The van der Waals surface area contributed by atoms with E-state index in [1.165, 1.54) is 6.07 Å².